The average molecular weight is 309 g/mol. The molecule has 3 nitrogen and oxygen atoms in total. The highest BCUT2D eigenvalue weighted by atomic mass is 35.5. The molecule has 0 saturated carbocycles. The number of likely N-dealkylation sites (tertiary alicyclic amines) is 1. The molecule has 106 valence electrons. The maximum Gasteiger partial charge on any atom is 0.266 e. The summed E-state index contributed by atoms with van der Waals surface area (Å²) in [5.74, 6) is 0.629. The molecule has 5 heteroatoms. The number of fused-ring (bicyclic) bond motifs is 1. The molecule has 1 aromatic carbocycles. The molecule has 20 heavy (non-hydrogen) atoms. The van der Waals surface area contributed by atoms with Crippen molar-refractivity contribution in [2.45, 2.75) is 19.8 Å². The van der Waals surface area contributed by atoms with Crippen LogP contribution in [0.15, 0.2) is 18.2 Å². The standard InChI is InChI=1S/C15H17ClN2OS/c1-9-3-2-6-18(8-9)15(19)14-13(17)11-5-4-10(16)7-12(11)20-14/h4-5,7,9H,2-3,6,8,17H2,1H3. The number of carbonyl (C=O) groups excluding carboxylic acids is 1. The lowest BCUT2D eigenvalue weighted by molar-refractivity contribution is 0.0689. The van der Waals surface area contributed by atoms with Crippen molar-refractivity contribution in [2.75, 3.05) is 18.8 Å². The zero-order valence-corrected chi connectivity index (χ0v) is 12.9. The van der Waals surface area contributed by atoms with Gasteiger partial charge in [0.1, 0.15) is 4.88 Å². The van der Waals surface area contributed by atoms with Crippen molar-refractivity contribution in [3.05, 3.63) is 28.1 Å². The van der Waals surface area contributed by atoms with Crippen molar-refractivity contribution in [3.8, 4) is 0 Å². The maximum atomic E-state index is 12.6. The van der Waals surface area contributed by atoms with Gasteiger partial charge in [0.05, 0.1) is 5.69 Å². The van der Waals surface area contributed by atoms with Crippen molar-refractivity contribution in [1.82, 2.24) is 4.90 Å². The molecule has 2 aromatic rings. The third kappa shape index (κ3) is 2.38. The number of thiophene rings is 1. The van der Waals surface area contributed by atoms with Gasteiger partial charge < -0.3 is 10.6 Å². The number of nitrogens with two attached hydrogens (primary N) is 1. The molecule has 1 saturated heterocycles. The highest BCUT2D eigenvalue weighted by molar-refractivity contribution is 7.21. The van der Waals surface area contributed by atoms with Crippen LogP contribution in [0.25, 0.3) is 10.1 Å². The zero-order valence-electron chi connectivity index (χ0n) is 11.4. The number of anilines is 1. The Kier molecular flexibility index (Phi) is 3.61. The van der Waals surface area contributed by atoms with Crippen molar-refractivity contribution < 1.29 is 4.79 Å². The normalized spacial score (nSPS) is 19.5. The fourth-order valence-electron chi connectivity index (χ4n) is 2.77. The van der Waals surface area contributed by atoms with Gasteiger partial charge in [-0.2, -0.15) is 0 Å². The topological polar surface area (TPSA) is 46.3 Å². The monoisotopic (exact) mass is 308 g/mol. The van der Waals surface area contributed by atoms with Crippen LogP contribution in [0.2, 0.25) is 5.02 Å². The van der Waals surface area contributed by atoms with Crippen LogP contribution in [0, 0.1) is 5.92 Å². The molecule has 1 atom stereocenters. The van der Waals surface area contributed by atoms with Gasteiger partial charge >= 0.3 is 0 Å². The van der Waals surface area contributed by atoms with E-state index in [-0.39, 0.29) is 5.91 Å². The molecule has 1 fully saturated rings. The Hall–Kier alpha value is -1.26. The van der Waals surface area contributed by atoms with E-state index < -0.39 is 0 Å². The van der Waals surface area contributed by atoms with Gasteiger partial charge in [0, 0.05) is 28.2 Å². The minimum atomic E-state index is 0.0615. The second-order valence-electron chi connectivity index (χ2n) is 5.48. The SMILES string of the molecule is CC1CCCN(C(=O)c2sc3cc(Cl)ccc3c2N)C1. The Morgan fingerprint density at radius 1 is 1.50 bits per heavy atom. The zero-order chi connectivity index (χ0) is 14.3. The molecule has 2 N–H and O–H groups in total. The maximum absolute atomic E-state index is 12.6. The van der Waals surface area contributed by atoms with Crippen LogP contribution in [0.4, 0.5) is 5.69 Å². The third-order valence-electron chi connectivity index (χ3n) is 3.83. The Morgan fingerprint density at radius 3 is 3.05 bits per heavy atom. The number of nitrogens with zero attached hydrogens (tertiary/aromatic N) is 1. The average Bonchev–Trinajstić information content (AvgIpc) is 2.74. The predicted molar refractivity (Wildman–Crippen MR) is 85.5 cm³/mol. The minimum Gasteiger partial charge on any atom is -0.397 e. The molecule has 0 bridgehead atoms. The molecule has 1 unspecified atom stereocenters. The number of nitrogen functional groups attached to an aromatic ring is 1. The van der Waals surface area contributed by atoms with Gasteiger partial charge in [0.15, 0.2) is 0 Å². The van der Waals surface area contributed by atoms with Crippen LogP contribution in [0.1, 0.15) is 29.4 Å². The van der Waals surface area contributed by atoms with E-state index in [4.69, 9.17) is 17.3 Å². The fraction of sp³-hybridized carbons (Fsp3) is 0.400. The smallest absolute Gasteiger partial charge is 0.266 e. The van der Waals surface area contributed by atoms with Gasteiger partial charge in [-0.1, -0.05) is 18.5 Å². The van der Waals surface area contributed by atoms with Crippen LogP contribution in [-0.4, -0.2) is 23.9 Å². The second kappa shape index (κ2) is 5.26. The van der Waals surface area contributed by atoms with E-state index in [1.54, 1.807) is 0 Å². The van der Waals surface area contributed by atoms with Crippen molar-refractivity contribution in [2.24, 2.45) is 5.92 Å². The molecule has 1 aliphatic heterocycles. The van der Waals surface area contributed by atoms with Crippen LogP contribution < -0.4 is 5.73 Å². The Balaban J connectivity index is 1.97. The molecule has 1 aliphatic rings. The lowest BCUT2D eigenvalue weighted by Crippen LogP contribution is -2.38. The molecule has 0 aliphatic carbocycles. The molecule has 1 amide bonds. The molecular weight excluding hydrogens is 292 g/mol. The van der Waals surface area contributed by atoms with Gasteiger partial charge in [0.2, 0.25) is 0 Å². The molecule has 1 aromatic heterocycles. The van der Waals surface area contributed by atoms with Gasteiger partial charge in [-0.3, -0.25) is 4.79 Å². The summed E-state index contributed by atoms with van der Waals surface area (Å²) >= 11 is 7.44. The molecular formula is C15H17ClN2OS. The van der Waals surface area contributed by atoms with Crippen molar-refractivity contribution >= 4 is 44.6 Å². The number of carbonyl (C=O) groups is 1. The third-order valence-corrected chi connectivity index (χ3v) is 5.22. The van der Waals surface area contributed by atoms with Crippen molar-refractivity contribution in [1.29, 1.82) is 0 Å². The summed E-state index contributed by atoms with van der Waals surface area (Å²) in [5.41, 5.74) is 6.74. The van der Waals surface area contributed by atoms with E-state index in [1.807, 2.05) is 23.1 Å². The first-order chi connectivity index (χ1) is 9.56. The number of hydrogen-bond donors (Lipinski definition) is 1. The summed E-state index contributed by atoms with van der Waals surface area (Å²) in [6, 6.07) is 5.57. The summed E-state index contributed by atoms with van der Waals surface area (Å²) in [5, 5.41) is 1.59. The summed E-state index contributed by atoms with van der Waals surface area (Å²) < 4.78 is 0.975. The van der Waals surface area contributed by atoms with E-state index in [1.165, 1.54) is 17.8 Å². The Labute approximate surface area is 127 Å². The number of benzene rings is 1. The van der Waals surface area contributed by atoms with Gasteiger partial charge in [-0.25, -0.2) is 0 Å². The summed E-state index contributed by atoms with van der Waals surface area (Å²) in [4.78, 5) is 15.2. The number of piperidine rings is 1. The summed E-state index contributed by atoms with van der Waals surface area (Å²) in [6.45, 7) is 3.85. The van der Waals surface area contributed by atoms with Gasteiger partial charge in [0.25, 0.3) is 5.91 Å². The highest BCUT2D eigenvalue weighted by Crippen LogP contribution is 2.36. The fourth-order valence-corrected chi connectivity index (χ4v) is 4.13. The number of rotatable bonds is 1. The summed E-state index contributed by atoms with van der Waals surface area (Å²) in [6.07, 6.45) is 2.27. The first-order valence-corrected chi connectivity index (χ1v) is 8.02. The van der Waals surface area contributed by atoms with E-state index in [9.17, 15) is 4.79 Å². The van der Waals surface area contributed by atoms with Gasteiger partial charge in [-0.05, 0) is 37.0 Å². The van der Waals surface area contributed by atoms with Crippen molar-refractivity contribution in [3.63, 3.8) is 0 Å². The first kappa shape index (κ1) is 13.7. The van der Waals surface area contributed by atoms with E-state index >= 15 is 0 Å². The predicted octanol–water partition coefficient (Wildman–Crippen LogP) is 4.01. The Bertz CT molecular complexity index is 667. The largest absolute Gasteiger partial charge is 0.397 e. The lowest BCUT2D eigenvalue weighted by atomic mass is 10.00. The number of hydrogen-bond acceptors (Lipinski definition) is 3. The van der Waals surface area contributed by atoms with E-state index in [0.717, 1.165) is 29.6 Å². The Morgan fingerprint density at radius 2 is 2.30 bits per heavy atom. The van der Waals surface area contributed by atoms with Crippen LogP contribution in [0.3, 0.4) is 0 Å². The molecule has 0 spiro atoms. The summed E-state index contributed by atoms with van der Waals surface area (Å²) in [7, 11) is 0. The minimum absolute atomic E-state index is 0.0615. The molecule has 3 rings (SSSR count). The first-order valence-electron chi connectivity index (χ1n) is 6.83. The van der Waals surface area contributed by atoms with Crippen LogP contribution in [-0.2, 0) is 0 Å². The second-order valence-corrected chi connectivity index (χ2v) is 6.97. The van der Waals surface area contributed by atoms with E-state index in [0.29, 0.717) is 21.5 Å². The van der Waals surface area contributed by atoms with Crippen LogP contribution in [0.5, 0.6) is 0 Å². The van der Waals surface area contributed by atoms with E-state index in [2.05, 4.69) is 6.92 Å². The lowest BCUT2D eigenvalue weighted by Gasteiger charge is -2.30. The highest BCUT2D eigenvalue weighted by Gasteiger charge is 2.25. The van der Waals surface area contributed by atoms with Crippen LogP contribution >= 0.6 is 22.9 Å². The molecule has 2 heterocycles. The quantitative estimate of drug-likeness (QED) is 0.865. The molecule has 0 radical (unpaired) electrons. The van der Waals surface area contributed by atoms with Gasteiger partial charge in [-0.15, -0.1) is 11.3 Å². The number of amides is 1. The number of halogens is 1.